The monoisotopic (exact) mass is 425 g/mol. The number of hydrogen-bond donors (Lipinski definition) is 1. The number of rotatable bonds is 7. The second-order valence-corrected chi connectivity index (χ2v) is 9.27. The SMILES string of the molecule is CC(C)COc1ccc2c(c1)C1C=CCC1C(c1ccc(OCc3ccccc3)cc1)N2. The summed E-state index contributed by atoms with van der Waals surface area (Å²) in [6, 6.07) is 25.7. The number of fused-ring (bicyclic) bond motifs is 3. The number of ether oxygens (including phenoxy) is 2. The van der Waals surface area contributed by atoms with Crippen LogP contribution in [0.1, 0.15) is 48.9 Å². The van der Waals surface area contributed by atoms with Gasteiger partial charge in [-0.15, -0.1) is 0 Å². The van der Waals surface area contributed by atoms with Gasteiger partial charge in [-0.3, -0.25) is 0 Å². The highest BCUT2D eigenvalue weighted by atomic mass is 16.5. The van der Waals surface area contributed by atoms with Crippen molar-refractivity contribution in [2.45, 2.75) is 38.8 Å². The van der Waals surface area contributed by atoms with Crippen LogP contribution < -0.4 is 14.8 Å². The fourth-order valence-electron chi connectivity index (χ4n) is 4.77. The molecule has 3 unspecified atom stereocenters. The molecule has 3 aromatic rings. The van der Waals surface area contributed by atoms with Gasteiger partial charge in [-0.25, -0.2) is 0 Å². The molecule has 32 heavy (non-hydrogen) atoms. The Balaban J connectivity index is 1.32. The standard InChI is InChI=1S/C29H31NO2/c1-20(2)18-31-24-15-16-28-27(17-24)25-9-6-10-26(25)29(30-28)22-11-13-23(14-12-22)32-19-21-7-4-3-5-8-21/h3-9,11-17,20,25-26,29-30H,10,18-19H2,1-2H3. The topological polar surface area (TPSA) is 30.5 Å². The number of hydrogen-bond acceptors (Lipinski definition) is 3. The van der Waals surface area contributed by atoms with Gasteiger partial charge in [0, 0.05) is 11.6 Å². The number of nitrogens with one attached hydrogen (secondary N) is 1. The molecule has 5 rings (SSSR count). The van der Waals surface area contributed by atoms with E-state index in [1.54, 1.807) is 0 Å². The molecule has 0 saturated carbocycles. The maximum Gasteiger partial charge on any atom is 0.119 e. The van der Waals surface area contributed by atoms with E-state index in [0.29, 0.717) is 24.4 Å². The van der Waals surface area contributed by atoms with Gasteiger partial charge in [0.15, 0.2) is 0 Å². The minimum atomic E-state index is 0.285. The molecule has 0 amide bonds. The summed E-state index contributed by atoms with van der Waals surface area (Å²) in [5.41, 5.74) is 5.05. The number of benzene rings is 3. The zero-order valence-electron chi connectivity index (χ0n) is 18.8. The molecule has 3 atom stereocenters. The smallest absolute Gasteiger partial charge is 0.119 e. The average Bonchev–Trinajstić information content (AvgIpc) is 3.32. The fourth-order valence-corrected chi connectivity index (χ4v) is 4.77. The van der Waals surface area contributed by atoms with Crippen molar-refractivity contribution in [1.82, 2.24) is 0 Å². The molecule has 1 aliphatic carbocycles. The highest BCUT2D eigenvalue weighted by molar-refractivity contribution is 5.61. The van der Waals surface area contributed by atoms with Crippen LogP contribution in [-0.2, 0) is 6.61 Å². The Kier molecular flexibility index (Phi) is 5.89. The van der Waals surface area contributed by atoms with Crippen molar-refractivity contribution in [2.24, 2.45) is 11.8 Å². The van der Waals surface area contributed by atoms with Crippen molar-refractivity contribution < 1.29 is 9.47 Å². The predicted octanol–water partition coefficient (Wildman–Crippen LogP) is 7.13. The maximum absolute atomic E-state index is 6.00. The minimum Gasteiger partial charge on any atom is -0.493 e. The third-order valence-corrected chi connectivity index (χ3v) is 6.41. The highest BCUT2D eigenvalue weighted by Crippen LogP contribution is 2.50. The van der Waals surface area contributed by atoms with Crippen LogP contribution in [0.3, 0.4) is 0 Å². The van der Waals surface area contributed by atoms with Crippen molar-refractivity contribution in [3.8, 4) is 11.5 Å². The summed E-state index contributed by atoms with van der Waals surface area (Å²) in [5.74, 6) is 3.33. The molecule has 0 bridgehead atoms. The molecule has 1 aliphatic heterocycles. The molecule has 0 saturated heterocycles. The van der Waals surface area contributed by atoms with Crippen LogP contribution in [0.15, 0.2) is 84.9 Å². The molecule has 0 radical (unpaired) electrons. The third kappa shape index (κ3) is 4.38. The first-order chi connectivity index (χ1) is 15.7. The maximum atomic E-state index is 6.00. The van der Waals surface area contributed by atoms with Crippen molar-refractivity contribution in [2.75, 3.05) is 11.9 Å². The summed E-state index contributed by atoms with van der Waals surface area (Å²) >= 11 is 0. The van der Waals surface area contributed by atoms with E-state index in [9.17, 15) is 0 Å². The zero-order chi connectivity index (χ0) is 21.9. The van der Waals surface area contributed by atoms with Crippen molar-refractivity contribution in [3.63, 3.8) is 0 Å². The molecule has 0 aromatic heterocycles. The summed E-state index contributed by atoms with van der Waals surface area (Å²) in [6.45, 7) is 5.69. The van der Waals surface area contributed by atoms with Crippen molar-refractivity contribution >= 4 is 5.69 Å². The van der Waals surface area contributed by atoms with Crippen LogP contribution >= 0.6 is 0 Å². The summed E-state index contributed by atoms with van der Waals surface area (Å²) in [5, 5.41) is 3.82. The first kappa shape index (κ1) is 20.7. The van der Waals surface area contributed by atoms with Crippen molar-refractivity contribution in [3.05, 3.63) is 102 Å². The number of allylic oxidation sites excluding steroid dienone is 2. The van der Waals surface area contributed by atoms with Gasteiger partial charge < -0.3 is 14.8 Å². The minimum absolute atomic E-state index is 0.285. The van der Waals surface area contributed by atoms with E-state index < -0.39 is 0 Å². The second kappa shape index (κ2) is 9.12. The van der Waals surface area contributed by atoms with E-state index in [0.717, 1.165) is 24.5 Å². The largest absolute Gasteiger partial charge is 0.493 e. The predicted molar refractivity (Wildman–Crippen MR) is 130 cm³/mol. The molecule has 0 spiro atoms. The molecule has 3 aromatic carbocycles. The summed E-state index contributed by atoms with van der Waals surface area (Å²) < 4.78 is 12.0. The van der Waals surface area contributed by atoms with E-state index >= 15 is 0 Å². The van der Waals surface area contributed by atoms with Gasteiger partial charge in [-0.1, -0.05) is 68.5 Å². The summed E-state index contributed by atoms with van der Waals surface area (Å²) in [4.78, 5) is 0. The van der Waals surface area contributed by atoms with Crippen LogP contribution in [0.5, 0.6) is 11.5 Å². The molecule has 1 heterocycles. The number of anilines is 1. The summed E-state index contributed by atoms with van der Waals surface area (Å²) in [7, 11) is 0. The summed E-state index contributed by atoms with van der Waals surface area (Å²) in [6.07, 6.45) is 5.80. The quantitative estimate of drug-likeness (QED) is 0.409. The molecule has 3 heteroatoms. The van der Waals surface area contributed by atoms with Gasteiger partial charge in [-0.2, -0.15) is 0 Å². The lowest BCUT2D eigenvalue weighted by molar-refractivity contribution is 0.270. The van der Waals surface area contributed by atoms with Gasteiger partial charge >= 0.3 is 0 Å². The zero-order valence-corrected chi connectivity index (χ0v) is 18.8. The Morgan fingerprint density at radius 3 is 2.47 bits per heavy atom. The highest BCUT2D eigenvalue weighted by Gasteiger charge is 2.38. The lowest BCUT2D eigenvalue weighted by atomic mass is 9.77. The normalized spacial score (nSPS) is 21.0. The first-order valence-electron chi connectivity index (χ1n) is 11.6. The molecule has 1 N–H and O–H groups in total. The van der Waals surface area contributed by atoms with Crippen LogP contribution in [0.25, 0.3) is 0 Å². The van der Waals surface area contributed by atoms with Gasteiger partial charge in [0.2, 0.25) is 0 Å². The Hall–Kier alpha value is -3.20. The van der Waals surface area contributed by atoms with Gasteiger partial charge in [-0.05, 0) is 65.3 Å². The molecule has 0 fully saturated rings. The van der Waals surface area contributed by atoms with E-state index in [4.69, 9.17) is 9.47 Å². The Labute approximate surface area is 191 Å². The van der Waals surface area contributed by atoms with Gasteiger partial charge in [0.25, 0.3) is 0 Å². The van der Waals surface area contributed by atoms with E-state index in [2.05, 4.69) is 85.9 Å². The van der Waals surface area contributed by atoms with Crippen LogP contribution in [0.4, 0.5) is 5.69 Å². The molecule has 3 nitrogen and oxygen atoms in total. The molecular formula is C29H31NO2. The Morgan fingerprint density at radius 2 is 1.69 bits per heavy atom. The van der Waals surface area contributed by atoms with E-state index in [-0.39, 0.29) is 6.04 Å². The molecular weight excluding hydrogens is 394 g/mol. The Bertz CT molecular complexity index is 1070. The second-order valence-electron chi connectivity index (χ2n) is 9.27. The van der Waals surface area contributed by atoms with Gasteiger partial charge in [0.05, 0.1) is 12.6 Å². The molecule has 164 valence electrons. The van der Waals surface area contributed by atoms with Gasteiger partial charge in [0.1, 0.15) is 18.1 Å². The van der Waals surface area contributed by atoms with Crippen LogP contribution in [0.2, 0.25) is 0 Å². The van der Waals surface area contributed by atoms with E-state index in [1.807, 2.05) is 18.2 Å². The molecule has 2 aliphatic rings. The fraction of sp³-hybridized carbons (Fsp3) is 0.310. The Morgan fingerprint density at radius 1 is 0.906 bits per heavy atom. The lowest BCUT2D eigenvalue weighted by Gasteiger charge is -2.37. The van der Waals surface area contributed by atoms with E-state index in [1.165, 1.54) is 22.4 Å². The average molecular weight is 426 g/mol. The lowest BCUT2D eigenvalue weighted by Crippen LogP contribution is -2.29. The third-order valence-electron chi connectivity index (χ3n) is 6.41. The van der Waals surface area contributed by atoms with Crippen molar-refractivity contribution in [1.29, 1.82) is 0 Å². The van der Waals surface area contributed by atoms with Crippen LogP contribution in [0, 0.1) is 11.8 Å². The first-order valence-corrected chi connectivity index (χ1v) is 11.6. The van der Waals surface area contributed by atoms with Crippen LogP contribution in [-0.4, -0.2) is 6.61 Å².